The molecular formula is C17H17N5O. The minimum absolute atomic E-state index is 0.0380. The Morgan fingerprint density at radius 3 is 2.96 bits per heavy atom. The Morgan fingerprint density at radius 2 is 2.26 bits per heavy atom. The quantitative estimate of drug-likeness (QED) is 0.815. The predicted molar refractivity (Wildman–Crippen MR) is 85.2 cm³/mol. The van der Waals surface area contributed by atoms with E-state index in [4.69, 9.17) is 5.26 Å². The number of hydrogen-bond donors (Lipinski definition) is 1. The molecule has 2 aromatic rings. The first-order valence-corrected chi connectivity index (χ1v) is 7.69. The van der Waals surface area contributed by atoms with Crippen LogP contribution in [0.1, 0.15) is 12.0 Å². The van der Waals surface area contributed by atoms with Crippen molar-refractivity contribution in [1.29, 1.82) is 5.26 Å². The molecule has 0 saturated carbocycles. The third-order valence-electron chi connectivity index (χ3n) is 4.98. The highest BCUT2D eigenvalue weighted by Crippen LogP contribution is 2.41. The van der Waals surface area contributed by atoms with Crippen LogP contribution in [0.3, 0.4) is 0 Å². The van der Waals surface area contributed by atoms with Crippen molar-refractivity contribution in [3.63, 3.8) is 0 Å². The maximum absolute atomic E-state index is 12.5. The molecule has 4 rings (SSSR count). The molecule has 3 heterocycles. The lowest BCUT2D eigenvalue weighted by molar-refractivity contribution is -0.125. The number of carbonyl (C=O) groups is 1. The summed E-state index contributed by atoms with van der Waals surface area (Å²) >= 11 is 0. The molecule has 0 bridgehead atoms. The van der Waals surface area contributed by atoms with E-state index in [2.05, 4.69) is 22.7 Å². The number of fused-ring (bicyclic) bond motifs is 1. The zero-order valence-corrected chi connectivity index (χ0v) is 12.9. The smallest absolute Gasteiger partial charge is 0.232 e. The minimum Gasteiger partial charge on any atom is -0.325 e. The van der Waals surface area contributed by atoms with Gasteiger partial charge in [-0.15, -0.1) is 0 Å². The summed E-state index contributed by atoms with van der Waals surface area (Å²) in [7, 11) is 1.92. The van der Waals surface area contributed by atoms with Gasteiger partial charge in [-0.2, -0.15) is 10.4 Å². The zero-order chi connectivity index (χ0) is 16.0. The largest absolute Gasteiger partial charge is 0.325 e. The highest BCUT2D eigenvalue weighted by Gasteiger charge is 2.47. The molecule has 1 unspecified atom stereocenters. The fourth-order valence-electron chi connectivity index (χ4n) is 3.67. The summed E-state index contributed by atoms with van der Waals surface area (Å²) in [5.41, 5.74) is 3.66. The third kappa shape index (κ3) is 2.08. The van der Waals surface area contributed by atoms with Crippen LogP contribution < -0.4 is 5.32 Å². The summed E-state index contributed by atoms with van der Waals surface area (Å²) in [5.74, 6) is 0.0380. The van der Waals surface area contributed by atoms with Crippen molar-refractivity contribution in [1.82, 2.24) is 14.7 Å². The number of amides is 1. The van der Waals surface area contributed by atoms with Gasteiger partial charge in [0.15, 0.2) is 6.19 Å². The second kappa shape index (κ2) is 4.85. The van der Waals surface area contributed by atoms with Crippen LogP contribution in [0, 0.1) is 16.9 Å². The van der Waals surface area contributed by atoms with Crippen LogP contribution in [-0.4, -0.2) is 33.7 Å². The Labute approximate surface area is 134 Å². The first-order valence-electron chi connectivity index (χ1n) is 7.69. The van der Waals surface area contributed by atoms with Crippen LogP contribution in [0.4, 0.5) is 5.69 Å². The number of benzene rings is 1. The normalized spacial score (nSPS) is 22.8. The average molecular weight is 307 g/mol. The van der Waals surface area contributed by atoms with E-state index in [9.17, 15) is 4.79 Å². The Balaban J connectivity index is 1.72. The number of nitriles is 1. The molecule has 23 heavy (non-hydrogen) atoms. The maximum atomic E-state index is 12.5. The number of hydrogen-bond acceptors (Lipinski definition) is 4. The van der Waals surface area contributed by atoms with E-state index in [1.54, 1.807) is 11.1 Å². The fraction of sp³-hybridized carbons (Fsp3) is 0.353. The van der Waals surface area contributed by atoms with Gasteiger partial charge in [-0.1, -0.05) is 6.07 Å². The SMILES string of the molecule is Cn1nccc1-c1ccc2c(c1)CC1(CCN(C#N)C1)C(=O)N2. The monoisotopic (exact) mass is 307 g/mol. The highest BCUT2D eigenvalue weighted by molar-refractivity contribution is 5.99. The molecule has 0 aliphatic carbocycles. The molecule has 116 valence electrons. The number of aromatic nitrogens is 2. The molecule has 2 aliphatic rings. The van der Waals surface area contributed by atoms with E-state index in [0.29, 0.717) is 19.5 Å². The Hall–Kier alpha value is -2.81. The van der Waals surface area contributed by atoms with Crippen molar-refractivity contribution < 1.29 is 4.79 Å². The molecule has 1 aromatic heterocycles. The third-order valence-corrected chi connectivity index (χ3v) is 4.98. The van der Waals surface area contributed by atoms with Gasteiger partial charge < -0.3 is 10.2 Å². The van der Waals surface area contributed by atoms with Crippen molar-refractivity contribution in [2.24, 2.45) is 12.5 Å². The van der Waals surface area contributed by atoms with Gasteiger partial charge in [0.05, 0.1) is 11.1 Å². The van der Waals surface area contributed by atoms with Crippen molar-refractivity contribution in [3.05, 3.63) is 36.0 Å². The number of rotatable bonds is 1. The molecule has 6 heteroatoms. The molecule has 1 aromatic carbocycles. The number of aryl methyl sites for hydroxylation is 1. The fourth-order valence-corrected chi connectivity index (χ4v) is 3.67. The Kier molecular flexibility index (Phi) is 2.91. The van der Waals surface area contributed by atoms with Gasteiger partial charge in [-0.3, -0.25) is 9.48 Å². The number of nitrogens with zero attached hydrogens (tertiary/aromatic N) is 4. The number of likely N-dealkylation sites (tertiary alicyclic amines) is 1. The Bertz CT molecular complexity index is 834. The predicted octanol–water partition coefficient (Wildman–Crippen LogP) is 1.75. The number of carbonyl (C=O) groups excluding carboxylic acids is 1. The van der Waals surface area contributed by atoms with Crippen LogP contribution in [-0.2, 0) is 18.3 Å². The lowest BCUT2D eigenvalue weighted by Crippen LogP contribution is -2.43. The van der Waals surface area contributed by atoms with E-state index >= 15 is 0 Å². The van der Waals surface area contributed by atoms with Gasteiger partial charge >= 0.3 is 0 Å². The standard InChI is InChI=1S/C17H17N5O/c1-21-15(4-6-19-21)12-2-3-14-13(8-12)9-17(16(23)20-14)5-7-22(10-17)11-18/h2-4,6,8H,5,7,9-10H2,1H3,(H,20,23). The summed E-state index contributed by atoms with van der Waals surface area (Å²) in [6.07, 6.45) is 5.34. The van der Waals surface area contributed by atoms with Crippen molar-refractivity contribution in [3.8, 4) is 17.5 Å². The first kappa shape index (κ1) is 13.8. The van der Waals surface area contributed by atoms with Crippen molar-refractivity contribution in [2.45, 2.75) is 12.8 Å². The molecule has 1 N–H and O–H groups in total. The van der Waals surface area contributed by atoms with Crippen LogP contribution in [0.25, 0.3) is 11.3 Å². The van der Waals surface area contributed by atoms with Gasteiger partial charge in [-0.25, -0.2) is 0 Å². The summed E-state index contributed by atoms with van der Waals surface area (Å²) in [5, 5.41) is 16.3. The maximum Gasteiger partial charge on any atom is 0.232 e. The van der Waals surface area contributed by atoms with Gasteiger partial charge in [0, 0.05) is 37.6 Å². The van der Waals surface area contributed by atoms with E-state index < -0.39 is 5.41 Å². The summed E-state index contributed by atoms with van der Waals surface area (Å²) in [6, 6.07) is 8.07. The Morgan fingerprint density at radius 1 is 1.39 bits per heavy atom. The second-order valence-electron chi connectivity index (χ2n) is 6.39. The van der Waals surface area contributed by atoms with Crippen molar-refractivity contribution in [2.75, 3.05) is 18.4 Å². The van der Waals surface area contributed by atoms with E-state index in [0.717, 1.165) is 28.9 Å². The lowest BCUT2D eigenvalue weighted by Gasteiger charge is -2.33. The summed E-state index contributed by atoms with van der Waals surface area (Å²) in [6.45, 7) is 1.16. The molecule has 2 aliphatic heterocycles. The van der Waals surface area contributed by atoms with E-state index in [1.807, 2.05) is 29.9 Å². The van der Waals surface area contributed by atoms with Gasteiger partial charge in [0.2, 0.25) is 5.91 Å². The molecule has 0 radical (unpaired) electrons. The molecule has 1 atom stereocenters. The minimum atomic E-state index is -0.478. The van der Waals surface area contributed by atoms with Gasteiger partial charge in [0.25, 0.3) is 0 Å². The molecule has 6 nitrogen and oxygen atoms in total. The van der Waals surface area contributed by atoms with E-state index in [-0.39, 0.29) is 5.91 Å². The molecule has 1 spiro atoms. The van der Waals surface area contributed by atoms with Gasteiger partial charge in [0.1, 0.15) is 0 Å². The molecule has 1 saturated heterocycles. The lowest BCUT2D eigenvalue weighted by atomic mass is 9.76. The average Bonchev–Trinajstić information content (AvgIpc) is 3.15. The molecule has 1 fully saturated rings. The first-order chi connectivity index (χ1) is 11.1. The molecule has 1 amide bonds. The number of anilines is 1. The number of nitrogens with one attached hydrogen (secondary N) is 1. The zero-order valence-electron chi connectivity index (χ0n) is 12.9. The topological polar surface area (TPSA) is 74.0 Å². The van der Waals surface area contributed by atoms with Crippen LogP contribution in [0.15, 0.2) is 30.5 Å². The van der Waals surface area contributed by atoms with Crippen LogP contribution in [0.2, 0.25) is 0 Å². The van der Waals surface area contributed by atoms with E-state index in [1.165, 1.54) is 0 Å². The summed E-state index contributed by atoms with van der Waals surface area (Å²) < 4.78 is 1.84. The van der Waals surface area contributed by atoms with Gasteiger partial charge in [-0.05, 0) is 36.6 Å². The van der Waals surface area contributed by atoms with Crippen LogP contribution in [0.5, 0.6) is 0 Å². The summed E-state index contributed by atoms with van der Waals surface area (Å²) in [4.78, 5) is 14.2. The molecular weight excluding hydrogens is 290 g/mol. The second-order valence-corrected chi connectivity index (χ2v) is 6.39. The van der Waals surface area contributed by atoms with Crippen LogP contribution >= 0.6 is 0 Å². The highest BCUT2D eigenvalue weighted by atomic mass is 16.2. The van der Waals surface area contributed by atoms with Crippen molar-refractivity contribution >= 4 is 11.6 Å².